The predicted molar refractivity (Wildman–Crippen MR) is 99.6 cm³/mol. The maximum atomic E-state index is 10.3. The minimum absolute atomic E-state index is 0.274. The van der Waals surface area contributed by atoms with E-state index in [4.69, 9.17) is 5.11 Å². The molecule has 0 aromatic heterocycles. The third-order valence-electron chi connectivity index (χ3n) is 3.18. The molecule has 0 atom stereocenters. The largest absolute Gasteiger partial charge is 0.481 e. The fourth-order valence-electron chi connectivity index (χ4n) is 1.91. The molecule has 0 saturated carbocycles. The molecule has 0 aromatic rings. The van der Waals surface area contributed by atoms with Gasteiger partial charge in [-0.15, -0.1) is 0 Å². The Morgan fingerprint density at radius 1 is 0.909 bits per heavy atom. The Hall–Kier alpha value is -0.960. The van der Waals surface area contributed by atoms with E-state index in [-0.39, 0.29) is 6.42 Å². The highest BCUT2D eigenvalue weighted by atomic mass is 32.2. The van der Waals surface area contributed by atoms with Crippen molar-refractivity contribution in [2.24, 2.45) is 0 Å². The monoisotopic (exact) mass is 324 g/mol. The van der Waals surface area contributed by atoms with Gasteiger partial charge in [0.25, 0.3) is 0 Å². The van der Waals surface area contributed by atoms with Crippen molar-refractivity contribution in [2.45, 2.75) is 64.7 Å². The lowest BCUT2D eigenvalue weighted by molar-refractivity contribution is -0.137. The van der Waals surface area contributed by atoms with Gasteiger partial charge in [-0.1, -0.05) is 62.6 Å². The highest BCUT2D eigenvalue weighted by Gasteiger charge is 1.93. The molecule has 0 unspecified atom stereocenters. The van der Waals surface area contributed by atoms with Crippen molar-refractivity contribution in [1.29, 1.82) is 0 Å². The van der Waals surface area contributed by atoms with E-state index in [0.717, 1.165) is 30.8 Å². The summed E-state index contributed by atoms with van der Waals surface area (Å²) in [5, 5.41) is 8.50. The van der Waals surface area contributed by atoms with Crippen LogP contribution in [0.4, 0.5) is 0 Å². The van der Waals surface area contributed by atoms with Crippen LogP contribution in [0.25, 0.3) is 0 Å². The molecule has 126 valence electrons. The summed E-state index contributed by atoms with van der Waals surface area (Å²) in [6.45, 7) is 2.24. The number of carboxylic acid groups (broad SMARTS) is 1. The van der Waals surface area contributed by atoms with Crippen molar-refractivity contribution in [3.8, 4) is 0 Å². The second-order valence-electron chi connectivity index (χ2n) is 5.33. The number of carbonyl (C=O) groups is 1. The number of rotatable bonds is 15. The van der Waals surface area contributed by atoms with Gasteiger partial charge in [0.15, 0.2) is 0 Å². The van der Waals surface area contributed by atoms with Gasteiger partial charge in [0.05, 0.1) is 0 Å². The van der Waals surface area contributed by atoms with Gasteiger partial charge >= 0.3 is 5.97 Å². The summed E-state index contributed by atoms with van der Waals surface area (Å²) in [6, 6.07) is 0. The first kappa shape index (κ1) is 21.0. The molecule has 2 nitrogen and oxygen atoms in total. The summed E-state index contributed by atoms with van der Waals surface area (Å²) in [6.07, 6.45) is 22.5. The van der Waals surface area contributed by atoms with E-state index >= 15 is 0 Å². The first-order valence-electron chi connectivity index (χ1n) is 8.53. The van der Waals surface area contributed by atoms with Crippen LogP contribution in [0, 0.1) is 0 Å². The highest BCUT2D eigenvalue weighted by molar-refractivity contribution is 7.99. The molecule has 0 rings (SSSR count). The van der Waals surface area contributed by atoms with Crippen molar-refractivity contribution in [3.63, 3.8) is 0 Å². The minimum atomic E-state index is -0.703. The predicted octanol–water partition coefficient (Wildman–Crippen LogP) is 6.00. The lowest BCUT2D eigenvalue weighted by Crippen LogP contribution is -1.92. The molecule has 0 aromatic carbocycles. The quantitative estimate of drug-likeness (QED) is 0.228. The lowest BCUT2D eigenvalue weighted by Gasteiger charge is -1.94. The van der Waals surface area contributed by atoms with Crippen LogP contribution in [0.3, 0.4) is 0 Å². The SMILES string of the molecule is CCCCCCC=CC=CCSCCC=CCCCC(=O)O. The van der Waals surface area contributed by atoms with Gasteiger partial charge in [0, 0.05) is 12.2 Å². The summed E-state index contributed by atoms with van der Waals surface area (Å²) >= 11 is 1.93. The molecule has 22 heavy (non-hydrogen) atoms. The lowest BCUT2D eigenvalue weighted by atomic mass is 10.1. The fraction of sp³-hybridized carbons (Fsp3) is 0.632. The number of allylic oxidation sites excluding steroid dienone is 5. The maximum Gasteiger partial charge on any atom is 0.303 e. The molecule has 1 N–H and O–H groups in total. The zero-order valence-corrected chi connectivity index (χ0v) is 14.8. The number of unbranched alkanes of at least 4 members (excludes halogenated alkanes) is 5. The summed E-state index contributed by atoms with van der Waals surface area (Å²) in [7, 11) is 0. The zero-order valence-electron chi connectivity index (χ0n) is 14.0. The van der Waals surface area contributed by atoms with E-state index in [1.165, 1.54) is 32.1 Å². The van der Waals surface area contributed by atoms with Crippen molar-refractivity contribution in [3.05, 3.63) is 36.5 Å². The van der Waals surface area contributed by atoms with Gasteiger partial charge < -0.3 is 5.11 Å². The second-order valence-corrected chi connectivity index (χ2v) is 6.48. The molecule has 0 saturated heterocycles. The molecule has 0 aliphatic carbocycles. The van der Waals surface area contributed by atoms with Gasteiger partial charge in [0.1, 0.15) is 0 Å². The Morgan fingerprint density at radius 3 is 2.41 bits per heavy atom. The molecule has 3 heteroatoms. The first-order valence-corrected chi connectivity index (χ1v) is 9.69. The Morgan fingerprint density at radius 2 is 1.64 bits per heavy atom. The van der Waals surface area contributed by atoms with Crippen LogP contribution in [0.5, 0.6) is 0 Å². The van der Waals surface area contributed by atoms with E-state index in [1.54, 1.807) is 0 Å². The Kier molecular flexibility index (Phi) is 17.3. The van der Waals surface area contributed by atoms with Crippen molar-refractivity contribution in [1.82, 2.24) is 0 Å². The van der Waals surface area contributed by atoms with Gasteiger partial charge in [-0.25, -0.2) is 0 Å². The fourth-order valence-corrected chi connectivity index (χ4v) is 2.62. The van der Waals surface area contributed by atoms with Crippen molar-refractivity contribution < 1.29 is 9.90 Å². The normalized spacial score (nSPS) is 12.0. The average molecular weight is 325 g/mol. The number of carboxylic acids is 1. The smallest absolute Gasteiger partial charge is 0.303 e. The molecule has 0 aliphatic heterocycles. The Bertz CT molecular complexity index is 332. The number of thioether (sulfide) groups is 1. The number of hydrogen-bond donors (Lipinski definition) is 1. The van der Waals surface area contributed by atoms with E-state index in [9.17, 15) is 4.79 Å². The van der Waals surface area contributed by atoms with Gasteiger partial charge in [-0.05, 0) is 37.9 Å². The minimum Gasteiger partial charge on any atom is -0.481 e. The van der Waals surface area contributed by atoms with E-state index in [2.05, 4.69) is 43.4 Å². The molecule has 0 radical (unpaired) electrons. The third-order valence-corrected chi connectivity index (χ3v) is 4.13. The van der Waals surface area contributed by atoms with Crippen LogP contribution in [0.15, 0.2) is 36.5 Å². The zero-order chi connectivity index (χ0) is 16.3. The number of aliphatic carboxylic acids is 1. The molecular formula is C19H32O2S. The summed E-state index contributed by atoms with van der Waals surface area (Å²) in [5.41, 5.74) is 0. The van der Waals surface area contributed by atoms with Crippen molar-refractivity contribution >= 4 is 17.7 Å². The maximum absolute atomic E-state index is 10.3. The van der Waals surface area contributed by atoms with Gasteiger partial charge in [0.2, 0.25) is 0 Å². The molecule has 0 amide bonds. The van der Waals surface area contributed by atoms with Crippen LogP contribution in [-0.4, -0.2) is 22.6 Å². The van der Waals surface area contributed by atoms with E-state index in [1.807, 2.05) is 11.8 Å². The summed E-state index contributed by atoms with van der Waals surface area (Å²) in [5.74, 6) is 1.49. The molecule has 0 aliphatic rings. The molecular weight excluding hydrogens is 292 g/mol. The van der Waals surface area contributed by atoms with Crippen LogP contribution >= 0.6 is 11.8 Å². The van der Waals surface area contributed by atoms with E-state index in [0.29, 0.717) is 0 Å². The molecule has 0 fully saturated rings. The Labute approximate surface area is 140 Å². The van der Waals surface area contributed by atoms with Crippen LogP contribution in [0.2, 0.25) is 0 Å². The average Bonchev–Trinajstić information content (AvgIpc) is 2.50. The number of hydrogen-bond acceptors (Lipinski definition) is 2. The van der Waals surface area contributed by atoms with Gasteiger partial charge in [-0.2, -0.15) is 11.8 Å². The molecule has 0 spiro atoms. The summed E-state index contributed by atoms with van der Waals surface area (Å²) < 4.78 is 0. The van der Waals surface area contributed by atoms with Crippen LogP contribution < -0.4 is 0 Å². The highest BCUT2D eigenvalue weighted by Crippen LogP contribution is 2.05. The standard InChI is InChI=1S/C19H32O2S/c1-2-3-4-5-6-7-8-11-14-17-22-18-15-12-9-10-13-16-19(20)21/h7-9,11-12,14H,2-6,10,13,15-18H2,1H3,(H,20,21). The van der Waals surface area contributed by atoms with Gasteiger partial charge in [-0.3, -0.25) is 4.79 Å². The Balaban J connectivity index is 3.27. The van der Waals surface area contributed by atoms with Crippen LogP contribution in [-0.2, 0) is 4.79 Å². The molecule has 0 bridgehead atoms. The van der Waals surface area contributed by atoms with E-state index < -0.39 is 5.97 Å². The summed E-state index contributed by atoms with van der Waals surface area (Å²) in [4.78, 5) is 10.3. The van der Waals surface area contributed by atoms with Crippen molar-refractivity contribution in [2.75, 3.05) is 11.5 Å². The second kappa shape index (κ2) is 18.1. The third kappa shape index (κ3) is 19.0. The molecule has 0 heterocycles. The first-order chi connectivity index (χ1) is 10.8. The topological polar surface area (TPSA) is 37.3 Å². The van der Waals surface area contributed by atoms with Crippen LogP contribution in [0.1, 0.15) is 64.7 Å².